The molecule has 1 aliphatic heterocycles. The Balaban J connectivity index is 1.50. The highest BCUT2D eigenvalue weighted by Gasteiger charge is 2.26. The molecule has 3 heterocycles. The Hall–Kier alpha value is -3.65. The molecule has 4 rings (SSSR count). The Morgan fingerprint density at radius 1 is 1.19 bits per heavy atom. The van der Waals surface area contributed by atoms with Crippen molar-refractivity contribution in [1.29, 1.82) is 0 Å². The molecule has 1 aromatic carbocycles. The number of hydrogen-bond donors (Lipinski definition) is 2. The van der Waals surface area contributed by atoms with Crippen molar-refractivity contribution in [3.05, 3.63) is 82.8 Å². The summed E-state index contributed by atoms with van der Waals surface area (Å²) >= 11 is 0. The van der Waals surface area contributed by atoms with Gasteiger partial charge >= 0.3 is 0 Å². The van der Waals surface area contributed by atoms with Crippen LogP contribution < -0.4 is 15.4 Å². The molecular formula is C24H26N4O4. The molecule has 32 heavy (non-hydrogen) atoms. The first-order valence-corrected chi connectivity index (χ1v) is 10.5. The Labute approximate surface area is 186 Å². The minimum atomic E-state index is -0.251. The maximum absolute atomic E-state index is 13.0. The molecule has 1 aliphatic rings. The van der Waals surface area contributed by atoms with Gasteiger partial charge in [-0.2, -0.15) is 0 Å². The predicted octanol–water partition coefficient (Wildman–Crippen LogP) is 2.84. The molecule has 8 heteroatoms. The number of pyridine rings is 1. The van der Waals surface area contributed by atoms with E-state index >= 15 is 0 Å². The number of methoxy groups -OCH3 is 1. The molecule has 3 aromatic rings. The third kappa shape index (κ3) is 4.65. The van der Waals surface area contributed by atoms with Crippen LogP contribution in [0.25, 0.3) is 0 Å². The summed E-state index contributed by atoms with van der Waals surface area (Å²) in [6, 6.07) is 14.8. The zero-order chi connectivity index (χ0) is 22.5. The van der Waals surface area contributed by atoms with Crippen LogP contribution in [0.4, 0.5) is 0 Å². The lowest BCUT2D eigenvalue weighted by molar-refractivity contribution is 0.0777. The average Bonchev–Trinajstić information content (AvgIpc) is 3.23. The maximum Gasteiger partial charge on any atom is 0.268 e. The minimum absolute atomic E-state index is 0.163. The predicted molar refractivity (Wildman–Crippen MR) is 118 cm³/mol. The number of amides is 2. The van der Waals surface area contributed by atoms with Gasteiger partial charge in [-0.3, -0.25) is 9.59 Å². The van der Waals surface area contributed by atoms with Crippen LogP contribution in [0.2, 0.25) is 0 Å². The lowest BCUT2D eigenvalue weighted by atomic mass is 10.1. The summed E-state index contributed by atoms with van der Waals surface area (Å²) in [6.07, 6.45) is 1.66. The Morgan fingerprint density at radius 3 is 2.72 bits per heavy atom. The number of ether oxygens (including phenoxy) is 2. The van der Waals surface area contributed by atoms with E-state index < -0.39 is 0 Å². The molecule has 0 spiro atoms. The third-order valence-electron chi connectivity index (χ3n) is 5.49. The highest BCUT2D eigenvalue weighted by molar-refractivity contribution is 6.00. The van der Waals surface area contributed by atoms with E-state index in [2.05, 4.69) is 15.6 Å². The second kappa shape index (κ2) is 9.65. The summed E-state index contributed by atoms with van der Waals surface area (Å²) in [5, 5.41) is 5.93. The molecule has 0 saturated heterocycles. The topological polar surface area (TPSA) is 94.5 Å². The summed E-state index contributed by atoms with van der Waals surface area (Å²) < 4.78 is 12.5. The first-order chi connectivity index (χ1) is 15.6. The van der Waals surface area contributed by atoms with E-state index in [1.165, 1.54) is 0 Å². The lowest BCUT2D eigenvalue weighted by Gasteiger charge is -2.20. The largest absolute Gasteiger partial charge is 0.481 e. The molecule has 2 amide bonds. The number of nitrogens with one attached hydrogen (secondary N) is 2. The zero-order valence-corrected chi connectivity index (χ0v) is 18.1. The van der Waals surface area contributed by atoms with Crippen LogP contribution in [0.5, 0.6) is 5.88 Å². The van der Waals surface area contributed by atoms with Gasteiger partial charge in [-0.25, -0.2) is 4.98 Å². The van der Waals surface area contributed by atoms with Gasteiger partial charge in [0.05, 0.1) is 37.6 Å². The van der Waals surface area contributed by atoms with E-state index in [-0.39, 0.29) is 24.5 Å². The SMILES string of the molecule is COc1ccc(CNC(=O)c2cc(C(=O)N[C@H](C)c3ccccc3)c3n2CCOC3)cn1. The molecule has 0 saturated carbocycles. The molecule has 0 fully saturated rings. The van der Waals surface area contributed by atoms with Gasteiger partial charge in [0.15, 0.2) is 0 Å². The summed E-state index contributed by atoms with van der Waals surface area (Å²) in [6.45, 7) is 3.55. The van der Waals surface area contributed by atoms with Crippen molar-refractivity contribution in [3.8, 4) is 5.88 Å². The third-order valence-corrected chi connectivity index (χ3v) is 5.49. The monoisotopic (exact) mass is 434 g/mol. The first-order valence-electron chi connectivity index (χ1n) is 10.5. The van der Waals surface area contributed by atoms with Gasteiger partial charge < -0.3 is 24.7 Å². The fourth-order valence-corrected chi connectivity index (χ4v) is 3.72. The van der Waals surface area contributed by atoms with Gasteiger partial charge in [-0.1, -0.05) is 36.4 Å². The van der Waals surface area contributed by atoms with Gasteiger partial charge in [-0.05, 0) is 24.1 Å². The normalized spacial score (nSPS) is 13.7. The van der Waals surface area contributed by atoms with Crippen LogP contribution in [0.3, 0.4) is 0 Å². The van der Waals surface area contributed by atoms with Gasteiger partial charge in [0.2, 0.25) is 5.88 Å². The average molecular weight is 434 g/mol. The number of nitrogens with zero attached hydrogens (tertiary/aromatic N) is 2. The van der Waals surface area contributed by atoms with Crippen molar-refractivity contribution in [2.75, 3.05) is 13.7 Å². The van der Waals surface area contributed by atoms with Crippen LogP contribution in [0.15, 0.2) is 54.7 Å². The van der Waals surface area contributed by atoms with Crippen LogP contribution in [0.1, 0.15) is 50.6 Å². The molecule has 166 valence electrons. The van der Waals surface area contributed by atoms with Crippen LogP contribution in [-0.4, -0.2) is 35.1 Å². The van der Waals surface area contributed by atoms with E-state index in [9.17, 15) is 9.59 Å². The summed E-state index contributed by atoms with van der Waals surface area (Å²) in [4.78, 5) is 30.1. The van der Waals surface area contributed by atoms with Crippen LogP contribution in [0, 0.1) is 0 Å². The second-order valence-electron chi connectivity index (χ2n) is 7.59. The van der Waals surface area contributed by atoms with Crippen molar-refractivity contribution < 1.29 is 19.1 Å². The Morgan fingerprint density at radius 2 is 2.00 bits per heavy atom. The highest BCUT2D eigenvalue weighted by Crippen LogP contribution is 2.22. The van der Waals surface area contributed by atoms with E-state index in [0.717, 1.165) is 11.1 Å². The van der Waals surface area contributed by atoms with Gasteiger partial charge in [0.25, 0.3) is 11.8 Å². The summed E-state index contributed by atoms with van der Waals surface area (Å²) in [7, 11) is 1.55. The van der Waals surface area contributed by atoms with Crippen molar-refractivity contribution in [2.24, 2.45) is 0 Å². The molecule has 1 atom stereocenters. The van der Waals surface area contributed by atoms with E-state index in [1.54, 1.807) is 25.4 Å². The summed E-state index contributed by atoms with van der Waals surface area (Å²) in [5.74, 6) is 0.0363. The summed E-state index contributed by atoms with van der Waals surface area (Å²) in [5.41, 5.74) is 3.48. The molecule has 0 unspecified atom stereocenters. The number of aromatic nitrogens is 2. The zero-order valence-electron chi connectivity index (χ0n) is 18.1. The van der Waals surface area contributed by atoms with E-state index in [1.807, 2.05) is 47.9 Å². The minimum Gasteiger partial charge on any atom is -0.481 e. The fourth-order valence-electron chi connectivity index (χ4n) is 3.72. The van der Waals surface area contributed by atoms with Crippen molar-refractivity contribution >= 4 is 11.8 Å². The fraction of sp³-hybridized carbons (Fsp3) is 0.292. The molecule has 0 aliphatic carbocycles. The van der Waals surface area contributed by atoms with Crippen molar-refractivity contribution in [3.63, 3.8) is 0 Å². The molecule has 0 bridgehead atoms. The van der Waals surface area contributed by atoms with Gasteiger partial charge in [0.1, 0.15) is 5.69 Å². The number of carbonyl (C=O) groups excluding carboxylic acids is 2. The number of fused-ring (bicyclic) bond motifs is 1. The lowest BCUT2D eigenvalue weighted by Crippen LogP contribution is -2.29. The molecule has 0 radical (unpaired) electrons. The number of rotatable bonds is 7. The van der Waals surface area contributed by atoms with Crippen LogP contribution >= 0.6 is 0 Å². The van der Waals surface area contributed by atoms with Crippen LogP contribution in [-0.2, 0) is 24.4 Å². The standard InChI is InChI=1S/C24H26N4O4/c1-16(18-6-4-3-5-7-18)27-23(29)19-12-20(28-10-11-32-15-21(19)28)24(30)26-14-17-8-9-22(31-2)25-13-17/h3-9,12-13,16H,10-11,14-15H2,1-2H3,(H,26,30)(H,27,29)/t16-/m1/s1. The molecular weight excluding hydrogens is 408 g/mol. The number of carbonyl (C=O) groups is 2. The first kappa shape index (κ1) is 21.6. The van der Waals surface area contributed by atoms with E-state index in [4.69, 9.17) is 9.47 Å². The number of benzene rings is 1. The van der Waals surface area contributed by atoms with Crippen molar-refractivity contribution in [2.45, 2.75) is 32.7 Å². The quantitative estimate of drug-likeness (QED) is 0.596. The second-order valence-corrected chi connectivity index (χ2v) is 7.59. The maximum atomic E-state index is 13.0. The Bertz CT molecular complexity index is 1090. The highest BCUT2D eigenvalue weighted by atomic mass is 16.5. The number of hydrogen-bond acceptors (Lipinski definition) is 5. The Kier molecular flexibility index (Phi) is 6.51. The molecule has 8 nitrogen and oxygen atoms in total. The van der Waals surface area contributed by atoms with Gasteiger partial charge in [0, 0.05) is 25.4 Å². The molecule has 2 N–H and O–H groups in total. The van der Waals surface area contributed by atoms with Gasteiger partial charge in [-0.15, -0.1) is 0 Å². The molecule has 2 aromatic heterocycles. The smallest absolute Gasteiger partial charge is 0.268 e. The van der Waals surface area contributed by atoms with Crippen molar-refractivity contribution in [1.82, 2.24) is 20.2 Å². The van der Waals surface area contributed by atoms with E-state index in [0.29, 0.717) is 42.5 Å².